The summed E-state index contributed by atoms with van der Waals surface area (Å²) >= 11 is 1.44. The second kappa shape index (κ2) is 5.58. The third-order valence-electron chi connectivity index (χ3n) is 3.14. The van der Waals surface area contributed by atoms with Crippen molar-refractivity contribution in [2.75, 3.05) is 12.4 Å². The first-order valence-electron chi connectivity index (χ1n) is 6.56. The van der Waals surface area contributed by atoms with Crippen molar-refractivity contribution in [1.82, 2.24) is 4.98 Å². The quantitative estimate of drug-likeness (QED) is 0.789. The van der Waals surface area contributed by atoms with Crippen molar-refractivity contribution >= 4 is 27.1 Å². The smallest absolute Gasteiger partial charge is 0.240 e. The minimum atomic E-state index is -3.73. The topological polar surface area (TPSA) is 72.2 Å². The van der Waals surface area contributed by atoms with Crippen LogP contribution in [0.25, 0.3) is 10.8 Å². The van der Waals surface area contributed by atoms with E-state index in [4.69, 9.17) is 4.42 Å². The second-order valence-corrected chi connectivity index (χ2v) is 7.51. The van der Waals surface area contributed by atoms with Gasteiger partial charge in [0.05, 0.1) is 9.77 Å². The Labute approximate surface area is 132 Å². The number of anilines is 1. The van der Waals surface area contributed by atoms with Gasteiger partial charge in [0.1, 0.15) is 0 Å². The summed E-state index contributed by atoms with van der Waals surface area (Å²) in [6, 6.07) is 10.3. The summed E-state index contributed by atoms with van der Waals surface area (Å²) in [5.74, 6) is 0.439. The van der Waals surface area contributed by atoms with Gasteiger partial charge < -0.3 is 9.73 Å². The lowest BCUT2D eigenvalue weighted by Crippen LogP contribution is -2.05. The minimum absolute atomic E-state index is 0.0951. The average molecular weight is 334 g/mol. The van der Waals surface area contributed by atoms with Gasteiger partial charge in [-0.25, -0.2) is 8.42 Å². The summed E-state index contributed by atoms with van der Waals surface area (Å²) in [6.07, 6.45) is 0. The van der Waals surface area contributed by atoms with E-state index in [2.05, 4.69) is 10.3 Å². The van der Waals surface area contributed by atoms with Gasteiger partial charge in [-0.3, -0.25) is 0 Å². The molecule has 0 aliphatic rings. The fourth-order valence-electron chi connectivity index (χ4n) is 1.98. The van der Waals surface area contributed by atoms with E-state index in [0.29, 0.717) is 5.89 Å². The molecule has 0 amide bonds. The second-order valence-electron chi connectivity index (χ2n) is 4.70. The SMILES string of the molecule is CNc1oc(-c2cccs2)nc1S(=O)(=O)c1ccc(C)cc1. The molecule has 7 heteroatoms. The number of nitrogens with zero attached hydrogens (tertiary/aromatic N) is 1. The lowest BCUT2D eigenvalue weighted by molar-refractivity contribution is 0.581. The Kier molecular flexibility index (Phi) is 3.76. The van der Waals surface area contributed by atoms with Crippen LogP contribution in [0, 0.1) is 6.92 Å². The van der Waals surface area contributed by atoms with Crippen LogP contribution in [0.3, 0.4) is 0 Å². The van der Waals surface area contributed by atoms with Crippen LogP contribution in [0.5, 0.6) is 0 Å². The van der Waals surface area contributed by atoms with Crippen LogP contribution in [0.1, 0.15) is 5.56 Å². The van der Waals surface area contributed by atoms with E-state index < -0.39 is 9.84 Å². The van der Waals surface area contributed by atoms with Crippen LogP contribution in [0.15, 0.2) is 56.1 Å². The molecule has 0 radical (unpaired) electrons. The zero-order valence-corrected chi connectivity index (χ0v) is 13.7. The van der Waals surface area contributed by atoms with Crippen molar-refractivity contribution in [1.29, 1.82) is 0 Å². The summed E-state index contributed by atoms with van der Waals surface area (Å²) in [5.41, 5.74) is 0.993. The molecule has 0 saturated carbocycles. The van der Waals surface area contributed by atoms with Gasteiger partial charge in [-0.2, -0.15) is 4.98 Å². The van der Waals surface area contributed by atoms with E-state index in [1.165, 1.54) is 11.3 Å². The molecule has 0 spiro atoms. The largest absolute Gasteiger partial charge is 0.418 e. The third-order valence-corrected chi connectivity index (χ3v) is 5.68. The Balaban J connectivity index is 2.12. The molecule has 0 bridgehead atoms. The van der Waals surface area contributed by atoms with Gasteiger partial charge in [-0.15, -0.1) is 11.3 Å². The molecule has 114 valence electrons. The molecule has 0 fully saturated rings. The van der Waals surface area contributed by atoms with Gasteiger partial charge in [-0.05, 0) is 30.5 Å². The zero-order valence-electron chi connectivity index (χ0n) is 12.0. The predicted molar refractivity (Wildman–Crippen MR) is 86.0 cm³/mol. The Morgan fingerprint density at radius 2 is 1.91 bits per heavy atom. The first kappa shape index (κ1) is 14.8. The standard InChI is InChI=1S/C15H14N2O3S2/c1-10-5-7-11(8-6-10)22(18,19)15-14(16-2)20-13(17-15)12-4-3-9-21-12/h3-9,16H,1-2H3. The number of thiophene rings is 1. The molecule has 22 heavy (non-hydrogen) atoms. The fourth-order valence-corrected chi connectivity index (χ4v) is 3.94. The molecule has 0 saturated heterocycles. The van der Waals surface area contributed by atoms with Crippen LogP contribution in [-0.4, -0.2) is 20.4 Å². The number of oxazole rings is 1. The number of benzene rings is 1. The number of aromatic nitrogens is 1. The summed E-state index contributed by atoms with van der Waals surface area (Å²) in [7, 11) is -2.13. The molecule has 2 heterocycles. The van der Waals surface area contributed by atoms with Gasteiger partial charge in [0.2, 0.25) is 26.6 Å². The third kappa shape index (κ3) is 2.53. The van der Waals surface area contributed by atoms with Crippen LogP contribution >= 0.6 is 11.3 Å². The molecule has 0 unspecified atom stereocenters. The van der Waals surface area contributed by atoms with Crippen molar-refractivity contribution in [3.8, 4) is 10.8 Å². The van der Waals surface area contributed by atoms with Gasteiger partial charge >= 0.3 is 0 Å². The molecule has 5 nitrogen and oxygen atoms in total. The summed E-state index contributed by atoms with van der Waals surface area (Å²) in [5, 5.41) is 4.55. The molecule has 3 rings (SSSR count). The van der Waals surface area contributed by atoms with Gasteiger partial charge in [0.25, 0.3) is 0 Å². The number of aryl methyl sites for hydroxylation is 1. The molecule has 3 aromatic rings. The normalized spacial score (nSPS) is 11.5. The van der Waals surface area contributed by atoms with Crippen LogP contribution in [0.4, 0.5) is 5.88 Å². The van der Waals surface area contributed by atoms with Crippen molar-refractivity contribution in [3.63, 3.8) is 0 Å². The maximum absolute atomic E-state index is 12.7. The van der Waals surface area contributed by atoms with E-state index in [1.54, 1.807) is 31.3 Å². The molecular weight excluding hydrogens is 320 g/mol. The monoisotopic (exact) mass is 334 g/mol. The predicted octanol–water partition coefficient (Wildman–Crippen LogP) is 3.59. The number of rotatable bonds is 4. The summed E-state index contributed by atoms with van der Waals surface area (Å²) in [4.78, 5) is 5.16. The van der Waals surface area contributed by atoms with E-state index in [9.17, 15) is 8.42 Å². The molecule has 0 aliphatic carbocycles. The van der Waals surface area contributed by atoms with Crippen molar-refractivity contribution < 1.29 is 12.8 Å². The van der Waals surface area contributed by atoms with E-state index in [1.807, 2.05) is 24.4 Å². The average Bonchev–Trinajstić information content (AvgIpc) is 3.16. The molecule has 1 N–H and O–H groups in total. The summed E-state index contributed by atoms with van der Waals surface area (Å²) < 4.78 is 31.0. The van der Waals surface area contributed by atoms with E-state index in [0.717, 1.165) is 10.4 Å². The highest BCUT2D eigenvalue weighted by Crippen LogP contribution is 2.33. The lowest BCUT2D eigenvalue weighted by atomic mass is 10.2. The highest BCUT2D eigenvalue weighted by molar-refractivity contribution is 7.91. The van der Waals surface area contributed by atoms with Gasteiger partial charge in [-0.1, -0.05) is 23.8 Å². The van der Waals surface area contributed by atoms with Gasteiger partial charge in [0.15, 0.2) is 0 Å². The summed E-state index contributed by atoms with van der Waals surface area (Å²) in [6.45, 7) is 1.90. The minimum Gasteiger partial charge on any atom is -0.418 e. The maximum Gasteiger partial charge on any atom is 0.240 e. The lowest BCUT2D eigenvalue weighted by Gasteiger charge is -2.03. The first-order chi connectivity index (χ1) is 10.5. The number of nitrogens with one attached hydrogen (secondary N) is 1. The van der Waals surface area contributed by atoms with Gasteiger partial charge in [0, 0.05) is 7.05 Å². The van der Waals surface area contributed by atoms with Crippen molar-refractivity contribution in [2.45, 2.75) is 16.8 Å². The Hall–Kier alpha value is -2.12. The molecule has 1 aromatic carbocycles. The maximum atomic E-state index is 12.7. The van der Waals surface area contributed by atoms with E-state index >= 15 is 0 Å². The van der Waals surface area contributed by atoms with Crippen LogP contribution < -0.4 is 5.32 Å². The molecular formula is C15H14N2O3S2. The molecule has 0 aliphatic heterocycles. The first-order valence-corrected chi connectivity index (χ1v) is 8.93. The Morgan fingerprint density at radius 3 is 2.50 bits per heavy atom. The highest BCUT2D eigenvalue weighted by atomic mass is 32.2. The Bertz CT molecular complexity index is 880. The van der Waals surface area contributed by atoms with Crippen LogP contribution in [0.2, 0.25) is 0 Å². The van der Waals surface area contributed by atoms with Crippen molar-refractivity contribution in [2.24, 2.45) is 0 Å². The highest BCUT2D eigenvalue weighted by Gasteiger charge is 2.28. The fraction of sp³-hybridized carbons (Fsp3) is 0.133. The van der Waals surface area contributed by atoms with Crippen LogP contribution in [-0.2, 0) is 9.84 Å². The Morgan fingerprint density at radius 1 is 1.18 bits per heavy atom. The number of sulfone groups is 1. The van der Waals surface area contributed by atoms with Crippen molar-refractivity contribution in [3.05, 3.63) is 47.3 Å². The number of hydrogen-bond donors (Lipinski definition) is 1. The zero-order chi connectivity index (χ0) is 15.7. The number of hydrogen-bond acceptors (Lipinski definition) is 6. The molecule has 0 atom stereocenters. The van der Waals surface area contributed by atoms with E-state index in [-0.39, 0.29) is 15.8 Å². The molecule has 2 aromatic heterocycles.